The third-order valence-corrected chi connectivity index (χ3v) is 2.32. The van der Waals surface area contributed by atoms with Crippen LogP contribution in [0.4, 0.5) is 0 Å². The summed E-state index contributed by atoms with van der Waals surface area (Å²) in [6, 6.07) is 5.81. The maximum absolute atomic E-state index is 9.18. The summed E-state index contributed by atoms with van der Waals surface area (Å²) in [6.45, 7) is 5.51. The quantitative estimate of drug-likeness (QED) is 0.758. The number of rotatable bonds is 7. The van der Waals surface area contributed by atoms with E-state index in [2.05, 4.69) is 5.32 Å². The van der Waals surface area contributed by atoms with Crippen LogP contribution < -0.4 is 14.8 Å². The largest absolute Gasteiger partial charge is 0.493 e. The summed E-state index contributed by atoms with van der Waals surface area (Å²) in [6.07, 6.45) is -0.351. The molecular weight excluding hydrogens is 218 g/mol. The highest BCUT2D eigenvalue weighted by atomic mass is 16.5. The minimum Gasteiger partial charge on any atom is -0.493 e. The molecule has 1 aromatic carbocycles. The first-order chi connectivity index (χ1) is 8.19. The van der Waals surface area contributed by atoms with Crippen molar-refractivity contribution in [2.24, 2.45) is 0 Å². The number of methoxy groups -OCH3 is 1. The number of hydrogen-bond donors (Lipinski definition) is 2. The zero-order chi connectivity index (χ0) is 12.7. The Kier molecular flexibility index (Phi) is 5.80. The van der Waals surface area contributed by atoms with E-state index in [1.165, 1.54) is 0 Å². The Morgan fingerprint density at radius 3 is 2.76 bits per heavy atom. The van der Waals surface area contributed by atoms with E-state index in [-0.39, 0.29) is 6.10 Å². The van der Waals surface area contributed by atoms with Gasteiger partial charge in [0.15, 0.2) is 11.5 Å². The molecule has 1 aromatic rings. The molecular formula is C13H21NO3. The fraction of sp³-hybridized carbons (Fsp3) is 0.538. The molecule has 0 spiro atoms. The van der Waals surface area contributed by atoms with E-state index in [9.17, 15) is 5.11 Å². The molecule has 0 aliphatic carbocycles. The molecule has 4 nitrogen and oxygen atoms in total. The minimum atomic E-state index is -0.351. The fourth-order valence-corrected chi connectivity index (χ4v) is 1.62. The molecule has 2 N–H and O–H groups in total. The van der Waals surface area contributed by atoms with Crippen LogP contribution in [0.2, 0.25) is 0 Å². The lowest BCUT2D eigenvalue weighted by Crippen LogP contribution is -2.24. The van der Waals surface area contributed by atoms with Crippen LogP contribution in [0.15, 0.2) is 18.2 Å². The predicted molar refractivity (Wildman–Crippen MR) is 67.6 cm³/mol. The van der Waals surface area contributed by atoms with Crippen molar-refractivity contribution in [2.75, 3.05) is 20.3 Å². The lowest BCUT2D eigenvalue weighted by molar-refractivity contribution is 0.190. The summed E-state index contributed by atoms with van der Waals surface area (Å²) in [7, 11) is 1.63. The van der Waals surface area contributed by atoms with Crippen LogP contribution >= 0.6 is 0 Å². The van der Waals surface area contributed by atoms with Crippen molar-refractivity contribution in [3.8, 4) is 11.5 Å². The van der Waals surface area contributed by atoms with Crippen molar-refractivity contribution in [2.45, 2.75) is 26.5 Å². The normalized spacial score (nSPS) is 12.2. The highest BCUT2D eigenvalue weighted by molar-refractivity contribution is 5.46. The average molecular weight is 239 g/mol. The second-order valence-electron chi connectivity index (χ2n) is 3.86. The molecule has 1 unspecified atom stereocenters. The van der Waals surface area contributed by atoms with Crippen LogP contribution in [0.25, 0.3) is 0 Å². The van der Waals surface area contributed by atoms with Gasteiger partial charge in [-0.15, -0.1) is 0 Å². The number of para-hydroxylation sites is 1. The Morgan fingerprint density at radius 2 is 2.18 bits per heavy atom. The van der Waals surface area contributed by atoms with Gasteiger partial charge in [0.2, 0.25) is 0 Å². The maximum atomic E-state index is 9.18. The third-order valence-electron chi connectivity index (χ3n) is 2.32. The Labute approximate surface area is 103 Å². The van der Waals surface area contributed by atoms with Crippen molar-refractivity contribution >= 4 is 0 Å². The molecule has 4 heteroatoms. The summed E-state index contributed by atoms with van der Waals surface area (Å²) in [5.74, 6) is 1.51. The number of hydrogen-bond acceptors (Lipinski definition) is 4. The van der Waals surface area contributed by atoms with Crippen LogP contribution in [-0.4, -0.2) is 31.5 Å². The molecule has 0 saturated carbocycles. The molecule has 0 amide bonds. The molecule has 0 fully saturated rings. The third kappa shape index (κ3) is 4.24. The highest BCUT2D eigenvalue weighted by Gasteiger charge is 2.09. The van der Waals surface area contributed by atoms with Crippen LogP contribution in [-0.2, 0) is 6.54 Å². The molecule has 0 aliphatic heterocycles. The lowest BCUT2D eigenvalue weighted by Gasteiger charge is -2.14. The van der Waals surface area contributed by atoms with Crippen LogP contribution in [0.1, 0.15) is 19.4 Å². The number of aliphatic hydroxyl groups excluding tert-OH is 1. The van der Waals surface area contributed by atoms with Gasteiger partial charge in [-0.3, -0.25) is 0 Å². The smallest absolute Gasteiger partial charge is 0.165 e. The molecule has 1 atom stereocenters. The summed E-state index contributed by atoms with van der Waals surface area (Å²) < 4.78 is 10.9. The second-order valence-corrected chi connectivity index (χ2v) is 3.86. The fourth-order valence-electron chi connectivity index (χ4n) is 1.62. The van der Waals surface area contributed by atoms with Gasteiger partial charge >= 0.3 is 0 Å². The van der Waals surface area contributed by atoms with E-state index in [0.717, 1.165) is 17.1 Å². The molecule has 0 bridgehead atoms. The second kappa shape index (κ2) is 7.14. The summed E-state index contributed by atoms with van der Waals surface area (Å²) >= 11 is 0. The number of aliphatic hydroxyl groups is 1. The van der Waals surface area contributed by atoms with Crippen molar-refractivity contribution < 1.29 is 14.6 Å². The first-order valence-electron chi connectivity index (χ1n) is 5.86. The van der Waals surface area contributed by atoms with E-state index < -0.39 is 0 Å². The molecule has 0 aromatic heterocycles. The molecule has 0 radical (unpaired) electrons. The van der Waals surface area contributed by atoms with Gasteiger partial charge in [-0.1, -0.05) is 12.1 Å². The molecule has 0 saturated heterocycles. The Morgan fingerprint density at radius 1 is 1.41 bits per heavy atom. The van der Waals surface area contributed by atoms with Crippen molar-refractivity contribution in [1.82, 2.24) is 5.32 Å². The van der Waals surface area contributed by atoms with E-state index in [4.69, 9.17) is 9.47 Å². The Bertz CT molecular complexity index is 339. The zero-order valence-electron chi connectivity index (χ0n) is 10.7. The monoisotopic (exact) mass is 239 g/mol. The van der Waals surface area contributed by atoms with Gasteiger partial charge in [0.25, 0.3) is 0 Å². The van der Waals surface area contributed by atoms with Gasteiger partial charge in [-0.2, -0.15) is 0 Å². The predicted octanol–water partition coefficient (Wildman–Crippen LogP) is 1.56. The summed E-state index contributed by atoms with van der Waals surface area (Å²) in [4.78, 5) is 0. The number of nitrogens with one attached hydrogen (secondary N) is 1. The van der Waals surface area contributed by atoms with Gasteiger partial charge in [0.05, 0.1) is 19.8 Å². The van der Waals surface area contributed by atoms with Crippen LogP contribution in [0.3, 0.4) is 0 Å². The molecule has 0 heterocycles. The Hall–Kier alpha value is -1.26. The van der Waals surface area contributed by atoms with Gasteiger partial charge in [-0.25, -0.2) is 0 Å². The Balaban J connectivity index is 2.73. The average Bonchev–Trinajstić information content (AvgIpc) is 2.29. The summed E-state index contributed by atoms with van der Waals surface area (Å²) in [5.41, 5.74) is 1.03. The maximum Gasteiger partial charge on any atom is 0.165 e. The van der Waals surface area contributed by atoms with E-state index >= 15 is 0 Å². The van der Waals surface area contributed by atoms with Gasteiger partial charge in [0.1, 0.15) is 0 Å². The van der Waals surface area contributed by atoms with Crippen molar-refractivity contribution in [1.29, 1.82) is 0 Å². The van der Waals surface area contributed by atoms with Crippen LogP contribution in [0, 0.1) is 0 Å². The van der Waals surface area contributed by atoms with E-state index in [1.807, 2.05) is 25.1 Å². The van der Waals surface area contributed by atoms with Gasteiger partial charge in [0, 0.05) is 18.7 Å². The highest BCUT2D eigenvalue weighted by Crippen LogP contribution is 2.30. The lowest BCUT2D eigenvalue weighted by atomic mass is 10.2. The number of benzene rings is 1. The molecule has 17 heavy (non-hydrogen) atoms. The van der Waals surface area contributed by atoms with Crippen LogP contribution in [0.5, 0.6) is 11.5 Å². The topological polar surface area (TPSA) is 50.7 Å². The van der Waals surface area contributed by atoms with E-state index in [0.29, 0.717) is 19.7 Å². The SMILES string of the molecule is CCOc1cccc(CNCC(C)O)c1OC. The molecule has 0 aliphatic rings. The standard InChI is InChI=1S/C13H21NO3/c1-4-17-12-7-5-6-11(13(12)16-3)9-14-8-10(2)15/h5-7,10,14-15H,4,8-9H2,1-3H3. The summed E-state index contributed by atoms with van der Waals surface area (Å²) in [5, 5.41) is 12.3. The molecule has 96 valence electrons. The number of ether oxygens (including phenoxy) is 2. The van der Waals surface area contributed by atoms with E-state index in [1.54, 1.807) is 14.0 Å². The minimum absolute atomic E-state index is 0.351. The van der Waals surface area contributed by atoms with Gasteiger partial charge in [-0.05, 0) is 19.9 Å². The zero-order valence-corrected chi connectivity index (χ0v) is 10.7. The molecule has 1 rings (SSSR count). The van der Waals surface area contributed by atoms with Crippen molar-refractivity contribution in [3.05, 3.63) is 23.8 Å². The first-order valence-corrected chi connectivity index (χ1v) is 5.86. The van der Waals surface area contributed by atoms with Gasteiger partial charge < -0.3 is 19.9 Å². The first kappa shape index (κ1) is 13.8. The van der Waals surface area contributed by atoms with Crippen molar-refractivity contribution in [3.63, 3.8) is 0 Å².